The Kier molecular flexibility index (Phi) is 7.45. The Morgan fingerprint density at radius 3 is 2.72 bits per heavy atom. The minimum Gasteiger partial charge on any atom is -0.356 e. The molecule has 0 radical (unpaired) electrons. The van der Waals surface area contributed by atoms with E-state index in [1.807, 2.05) is 6.92 Å². The molecule has 0 unspecified atom stereocenters. The Labute approximate surface area is 174 Å². The minimum atomic E-state index is 0.169. The fourth-order valence-corrected chi connectivity index (χ4v) is 3.76. The second-order valence-electron chi connectivity index (χ2n) is 7.94. The van der Waals surface area contributed by atoms with Crippen LogP contribution in [0.4, 0.5) is 0 Å². The maximum Gasteiger partial charge on any atom is 0.219 e. The Morgan fingerprint density at radius 2 is 1.90 bits per heavy atom. The second kappa shape index (κ2) is 10.2. The van der Waals surface area contributed by atoms with E-state index in [1.165, 1.54) is 22.2 Å². The fraction of sp³-hybridized carbons (Fsp3) is 0.440. The van der Waals surface area contributed by atoms with Crippen molar-refractivity contribution in [2.45, 2.75) is 65.8 Å². The van der Waals surface area contributed by atoms with E-state index in [1.54, 1.807) is 0 Å². The summed E-state index contributed by atoms with van der Waals surface area (Å²) >= 11 is 0. The normalized spacial score (nSPS) is 11.1. The first-order chi connectivity index (χ1) is 14.1. The van der Waals surface area contributed by atoms with Gasteiger partial charge in [0.15, 0.2) is 0 Å². The molecule has 0 spiro atoms. The van der Waals surface area contributed by atoms with Gasteiger partial charge in [0.25, 0.3) is 0 Å². The van der Waals surface area contributed by atoms with E-state index < -0.39 is 0 Å². The van der Waals surface area contributed by atoms with E-state index in [0.717, 1.165) is 56.5 Å². The zero-order valence-corrected chi connectivity index (χ0v) is 18.0. The third kappa shape index (κ3) is 5.69. The molecule has 0 aliphatic rings. The summed E-state index contributed by atoms with van der Waals surface area (Å²) in [5, 5.41) is 3.00. The van der Waals surface area contributed by atoms with E-state index in [-0.39, 0.29) is 5.91 Å². The molecule has 4 nitrogen and oxygen atoms in total. The summed E-state index contributed by atoms with van der Waals surface area (Å²) in [7, 11) is 0. The summed E-state index contributed by atoms with van der Waals surface area (Å²) in [4.78, 5) is 16.5. The highest BCUT2D eigenvalue weighted by atomic mass is 16.1. The van der Waals surface area contributed by atoms with Crippen LogP contribution in [-0.4, -0.2) is 22.0 Å². The van der Waals surface area contributed by atoms with Gasteiger partial charge in [-0.3, -0.25) is 4.79 Å². The number of aromatic nitrogens is 2. The van der Waals surface area contributed by atoms with Gasteiger partial charge in [0, 0.05) is 25.9 Å². The van der Waals surface area contributed by atoms with Crippen LogP contribution in [0, 0.1) is 13.8 Å². The van der Waals surface area contributed by atoms with Crippen LogP contribution >= 0.6 is 0 Å². The number of imidazole rings is 1. The van der Waals surface area contributed by atoms with Crippen LogP contribution in [0.25, 0.3) is 11.0 Å². The molecule has 0 aliphatic heterocycles. The molecule has 4 heteroatoms. The maximum atomic E-state index is 11.5. The number of aryl methyl sites for hydroxylation is 3. The first-order valence-corrected chi connectivity index (χ1v) is 10.9. The van der Waals surface area contributed by atoms with Gasteiger partial charge in [-0.15, -0.1) is 0 Å². The highest BCUT2D eigenvalue weighted by molar-refractivity contribution is 5.76. The van der Waals surface area contributed by atoms with Gasteiger partial charge >= 0.3 is 0 Å². The number of carbonyl (C=O) groups excluding carboxylic acids is 1. The Morgan fingerprint density at radius 1 is 1.07 bits per heavy atom. The molecule has 1 aromatic heterocycles. The number of nitrogens with zero attached hydrogens (tertiary/aromatic N) is 2. The lowest BCUT2D eigenvalue weighted by molar-refractivity contribution is -0.121. The number of carbonyl (C=O) groups is 1. The molecule has 1 heterocycles. The number of unbranched alkanes of at least 4 members (excludes halogenated alkanes) is 2. The SMILES string of the molecule is CCCC(=O)NCCCCCc1nc2ccccc2n1Cc1cc(C)ccc1C. The van der Waals surface area contributed by atoms with Gasteiger partial charge in [0.2, 0.25) is 5.91 Å². The van der Waals surface area contributed by atoms with Crippen molar-refractivity contribution < 1.29 is 4.79 Å². The molecule has 2 aromatic carbocycles. The molecule has 0 aliphatic carbocycles. The highest BCUT2D eigenvalue weighted by Crippen LogP contribution is 2.21. The van der Waals surface area contributed by atoms with Crippen molar-refractivity contribution in [3.63, 3.8) is 0 Å². The number of fused-ring (bicyclic) bond motifs is 1. The molecule has 154 valence electrons. The average molecular weight is 392 g/mol. The molecule has 0 atom stereocenters. The summed E-state index contributed by atoms with van der Waals surface area (Å²) in [6.07, 6.45) is 5.69. The van der Waals surface area contributed by atoms with Gasteiger partial charge in [-0.1, -0.05) is 49.2 Å². The van der Waals surface area contributed by atoms with E-state index in [4.69, 9.17) is 4.98 Å². The van der Waals surface area contributed by atoms with Crippen LogP contribution in [0.1, 0.15) is 61.5 Å². The third-order valence-corrected chi connectivity index (χ3v) is 5.44. The number of benzene rings is 2. The average Bonchev–Trinajstić information content (AvgIpc) is 3.05. The molecule has 1 amide bonds. The number of para-hydroxylation sites is 2. The van der Waals surface area contributed by atoms with Crippen molar-refractivity contribution >= 4 is 16.9 Å². The monoisotopic (exact) mass is 391 g/mol. The molecule has 3 aromatic rings. The fourth-order valence-electron chi connectivity index (χ4n) is 3.76. The summed E-state index contributed by atoms with van der Waals surface area (Å²) in [6.45, 7) is 7.99. The van der Waals surface area contributed by atoms with Crippen LogP contribution < -0.4 is 5.32 Å². The summed E-state index contributed by atoms with van der Waals surface area (Å²) in [5.41, 5.74) is 6.24. The van der Waals surface area contributed by atoms with Crippen LogP contribution in [-0.2, 0) is 17.8 Å². The van der Waals surface area contributed by atoms with Crippen LogP contribution in [0.3, 0.4) is 0 Å². The third-order valence-electron chi connectivity index (χ3n) is 5.44. The van der Waals surface area contributed by atoms with Crippen LogP contribution in [0.2, 0.25) is 0 Å². The second-order valence-corrected chi connectivity index (χ2v) is 7.94. The summed E-state index contributed by atoms with van der Waals surface area (Å²) in [6, 6.07) is 15.1. The molecule has 0 saturated carbocycles. The number of amides is 1. The number of hydrogen-bond donors (Lipinski definition) is 1. The van der Waals surface area contributed by atoms with E-state index in [9.17, 15) is 4.79 Å². The number of hydrogen-bond acceptors (Lipinski definition) is 2. The van der Waals surface area contributed by atoms with Gasteiger partial charge in [-0.2, -0.15) is 0 Å². The molecule has 0 saturated heterocycles. The topological polar surface area (TPSA) is 46.9 Å². The van der Waals surface area contributed by atoms with Gasteiger partial charge in [-0.25, -0.2) is 4.98 Å². The predicted molar refractivity (Wildman–Crippen MR) is 120 cm³/mol. The molecule has 0 bridgehead atoms. The number of nitrogens with one attached hydrogen (secondary N) is 1. The van der Waals surface area contributed by atoms with Crippen molar-refractivity contribution in [1.82, 2.24) is 14.9 Å². The lowest BCUT2D eigenvalue weighted by Gasteiger charge is -2.12. The van der Waals surface area contributed by atoms with Crippen molar-refractivity contribution in [3.8, 4) is 0 Å². The smallest absolute Gasteiger partial charge is 0.219 e. The van der Waals surface area contributed by atoms with Gasteiger partial charge in [0.05, 0.1) is 11.0 Å². The molecule has 3 rings (SSSR count). The van der Waals surface area contributed by atoms with Gasteiger partial charge in [-0.05, 0) is 56.4 Å². The largest absolute Gasteiger partial charge is 0.356 e. The summed E-state index contributed by atoms with van der Waals surface area (Å²) in [5.74, 6) is 1.32. The van der Waals surface area contributed by atoms with E-state index in [0.29, 0.717) is 6.42 Å². The van der Waals surface area contributed by atoms with Gasteiger partial charge in [0.1, 0.15) is 5.82 Å². The molecule has 29 heavy (non-hydrogen) atoms. The first kappa shape index (κ1) is 21.1. The zero-order chi connectivity index (χ0) is 20.6. The molecular weight excluding hydrogens is 358 g/mol. The first-order valence-electron chi connectivity index (χ1n) is 10.9. The molecular formula is C25H33N3O. The Bertz CT molecular complexity index is 958. The van der Waals surface area contributed by atoms with Crippen molar-refractivity contribution in [2.24, 2.45) is 0 Å². The van der Waals surface area contributed by atoms with Crippen LogP contribution in [0.5, 0.6) is 0 Å². The maximum absolute atomic E-state index is 11.5. The standard InChI is InChI=1S/C25H33N3O/c1-4-10-25(29)26-16-9-5-6-13-24-27-22-11-7-8-12-23(22)28(24)18-21-17-19(2)14-15-20(21)3/h7-8,11-12,14-15,17H,4-6,9-10,13,16,18H2,1-3H3,(H,26,29). The van der Waals surface area contributed by atoms with Crippen molar-refractivity contribution in [2.75, 3.05) is 6.54 Å². The lowest BCUT2D eigenvalue weighted by atomic mass is 10.1. The van der Waals surface area contributed by atoms with Gasteiger partial charge < -0.3 is 9.88 Å². The lowest BCUT2D eigenvalue weighted by Crippen LogP contribution is -2.23. The number of rotatable bonds is 10. The van der Waals surface area contributed by atoms with Crippen molar-refractivity contribution in [1.29, 1.82) is 0 Å². The molecule has 0 fully saturated rings. The quantitative estimate of drug-likeness (QED) is 0.475. The van der Waals surface area contributed by atoms with E-state index >= 15 is 0 Å². The Hall–Kier alpha value is -2.62. The van der Waals surface area contributed by atoms with Crippen LogP contribution in [0.15, 0.2) is 42.5 Å². The summed E-state index contributed by atoms with van der Waals surface area (Å²) < 4.78 is 2.38. The minimum absolute atomic E-state index is 0.169. The molecule has 1 N–H and O–H groups in total. The predicted octanol–water partition coefficient (Wildman–Crippen LogP) is 5.33. The van der Waals surface area contributed by atoms with Crippen molar-refractivity contribution in [3.05, 3.63) is 65.0 Å². The Balaban J connectivity index is 1.66. The van der Waals surface area contributed by atoms with E-state index in [2.05, 4.69) is 66.2 Å². The highest BCUT2D eigenvalue weighted by Gasteiger charge is 2.12. The zero-order valence-electron chi connectivity index (χ0n) is 18.0.